The highest BCUT2D eigenvalue weighted by molar-refractivity contribution is 5.73. The van der Waals surface area contributed by atoms with Crippen LogP contribution < -0.4 is 0 Å². The van der Waals surface area contributed by atoms with Gasteiger partial charge in [-0.25, -0.2) is 4.79 Å². The number of hydrogen-bond acceptors (Lipinski definition) is 3. The standard InChI is InChI=1S/C7H10O3/c1-4-5-10-6(2)7(8)9-3/h1,6H,5H2,2-3H3/t6-/m0/s1. The van der Waals surface area contributed by atoms with Gasteiger partial charge in [0.1, 0.15) is 6.61 Å². The Morgan fingerprint density at radius 3 is 2.80 bits per heavy atom. The van der Waals surface area contributed by atoms with Gasteiger partial charge in [-0.05, 0) is 6.92 Å². The van der Waals surface area contributed by atoms with Crippen molar-refractivity contribution in [1.29, 1.82) is 0 Å². The summed E-state index contributed by atoms with van der Waals surface area (Å²) in [6.45, 7) is 1.72. The molecule has 0 fully saturated rings. The molecular weight excluding hydrogens is 132 g/mol. The van der Waals surface area contributed by atoms with Gasteiger partial charge < -0.3 is 9.47 Å². The zero-order valence-corrected chi connectivity index (χ0v) is 6.09. The highest BCUT2D eigenvalue weighted by Crippen LogP contribution is 1.91. The zero-order chi connectivity index (χ0) is 7.98. The average molecular weight is 142 g/mol. The van der Waals surface area contributed by atoms with Crippen molar-refractivity contribution in [1.82, 2.24) is 0 Å². The highest BCUT2D eigenvalue weighted by Gasteiger charge is 2.11. The van der Waals surface area contributed by atoms with Crippen molar-refractivity contribution in [2.45, 2.75) is 13.0 Å². The molecule has 10 heavy (non-hydrogen) atoms. The van der Waals surface area contributed by atoms with Gasteiger partial charge in [0, 0.05) is 0 Å². The van der Waals surface area contributed by atoms with Crippen LogP contribution in [0.25, 0.3) is 0 Å². The van der Waals surface area contributed by atoms with Crippen LogP contribution in [0.1, 0.15) is 6.92 Å². The van der Waals surface area contributed by atoms with Crippen LogP contribution in [0.3, 0.4) is 0 Å². The van der Waals surface area contributed by atoms with Crippen LogP contribution >= 0.6 is 0 Å². The number of hydrogen-bond donors (Lipinski definition) is 0. The molecule has 3 nitrogen and oxygen atoms in total. The molecule has 0 aliphatic carbocycles. The lowest BCUT2D eigenvalue weighted by Gasteiger charge is -2.06. The van der Waals surface area contributed by atoms with Crippen LogP contribution in [0.5, 0.6) is 0 Å². The lowest BCUT2D eigenvalue weighted by molar-refractivity contribution is -0.151. The SMILES string of the molecule is C#CCO[C@@H](C)C(=O)OC. The smallest absolute Gasteiger partial charge is 0.334 e. The molecule has 0 aromatic rings. The summed E-state index contributed by atoms with van der Waals surface area (Å²) in [5, 5.41) is 0. The summed E-state index contributed by atoms with van der Waals surface area (Å²) in [4.78, 5) is 10.6. The van der Waals surface area contributed by atoms with E-state index in [4.69, 9.17) is 11.2 Å². The number of ether oxygens (including phenoxy) is 2. The molecule has 0 rings (SSSR count). The fourth-order valence-corrected chi connectivity index (χ4v) is 0.407. The Hall–Kier alpha value is -1.01. The van der Waals surface area contributed by atoms with Crippen molar-refractivity contribution in [3.63, 3.8) is 0 Å². The largest absolute Gasteiger partial charge is 0.467 e. The third-order valence-corrected chi connectivity index (χ3v) is 0.950. The van der Waals surface area contributed by atoms with Gasteiger partial charge in [0.25, 0.3) is 0 Å². The maximum atomic E-state index is 10.6. The Morgan fingerprint density at radius 1 is 1.80 bits per heavy atom. The second-order valence-electron chi connectivity index (χ2n) is 1.68. The van der Waals surface area contributed by atoms with E-state index in [-0.39, 0.29) is 6.61 Å². The first-order valence-electron chi connectivity index (χ1n) is 2.85. The summed E-state index contributed by atoms with van der Waals surface area (Å²) in [5.41, 5.74) is 0. The summed E-state index contributed by atoms with van der Waals surface area (Å²) < 4.78 is 9.21. The molecule has 0 aliphatic heterocycles. The van der Waals surface area contributed by atoms with Crippen molar-refractivity contribution in [3.8, 4) is 12.3 Å². The predicted octanol–water partition coefficient (Wildman–Crippen LogP) is 0.198. The fraction of sp³-hybridized carbons (Fsp3) is 0.571. The van der Waals surface area contributed by atoms with Crippen molar-refractivity contribution >= 4 is 5.97 Å². The fourth-order valence-electron chi connectivity index (χ4n) is 0.407. The van der Waals surface area contributed by atoms with Gasteiger partial charge in [0.2, 0.25) is 0 Å². The zero-order valence-electron chi connectivity index (χ0n) is 6.09. The van der Waals surface area contributed by atoms with Gasteiger partial charge >= 0.3 is 5.97 Å². The summed E-state index contributed by atoms with van der Waals surface area (Å²) in [6.07, 6.45) is 4.32. The van der Waals surface area contributed by atoms with Crippen molar-refractivity contribution in [2.75, 3.05) is 13.7 Å². The third-order valence-electron chi connectivity index (χ3n) is 0.950. The van der Waals surface area contributed by atoms with Gasteiger partial charge in [0.05, 0.1) is 7.11 Å². The quantitative estimate of drug-likeness (QED) is 0.417. The molecule has 0 bridgehead atoms. The minimum absolute atomic E-state index is 0.135. The molecule has 0 amide bonds. The average Bonchev–Trinajstić information content (AvgIpc) is 1.98. The third kappa shape index (κ3) is 3.10. The Kier molecular flexibility index (Phi) is 4.34. The maximum absolute atomic E-state index is 10.6. The molecule has 0 aromatic carbocycles. The molecule has 0 unspecified atom stereocenters. The Bertz CT molecular complexity index is 145. The lowest BCUT2D eigenvalue weighted by atomic mass is 10.4. The molecule has 0 heterocycles. The molecule has 0 saturated heterocycles. The predicted molar refractivity (Wildman–Crippen MR) is 36.3 cm³/mol. The van der Waals surface area contributed by atoms with Crippen molar-refractivity contribution in [2.24, 2.45) is 0 Å². The molecule has 0 spiro atoms. The van der Waals surface area contributed by atoms with Crippen LogP contribution in [0, 0.1) is 12.3 Å². The first-order chi connectivity index (χ1) is 4.72. The van der Waals surface area contributed by atoms with Crippen LogP contribution in [0.2, 0.25) is 0 Å². The monoisotopic (exact) mass is 142 g/mol. The van der Waals surface area contributed by atoms with Crippen LogP contribution in [-0.2, 0) is 14.3 Å². The molecule has 0 aromatic heterocycles. The van der Waals surface area contributed by atoms with E-state index in [0.717, 1.165) is 0 Å². The second-order valence-corrected chi connectivity index (χ2v) is 1.68. The molecule has 0 N–H and O–H groups in total. The molecule has 0 aliphatic rings. The Morgan fingerprint density at radius 2 is 2.40 bits per heavy atom. The molecular formula is C7H10O3. The number of carbonyl (C=O) groups excluding carboxylic acids is 1. The first kappa shape index (κ1) is 8.99. The Labute approximate surface area is 60.3 Å². The van der Waals surface area contributed by atoms with Crippen LogP contribution in [0.15, 0.2) is 0 Å². The van der Waals surface area contributed by atoms with E-state index < -0.39 is 12.1 Å². The number of esters is 1. The summed E-state index contributed by atoms with van der Waals surface area (Å²) in [5.74, 6) is 1.84. The number of rotatable bonds is 3. The van der Waals surface area contributed by atoms with E-state index in [2.05, 4.69) is 10.7 Å². The molecule has 56 valence electrons. The van der Waals surface area contributed by atoms with Crippen molar-refractivity contribution < 1.29 is 14.3 Å². The van der Waals surface area contributed by atoms with E-state index in [1.54, 1.807) is 6.92 Å². The number of carbonyl (C=O) groups is 1. The van der Waals surface area contributed by atoms with Gasteiger partial charge in [-0.3, -0.25) is 0 Å². The van der Waals surface area contributed by atoms with Gasteiger partial charge in [-0.1, -0.05) is 5.92 Å². The topological polar surface area (TPSA) is 35.5 Å². The minimum atomic E-state index is -0.568. The second kappa shape index (κ2) is 4.83. The summed E-state index contributed by atoms with van der Waals surface area (Å²) in [6, 6.07) is 0. The Balaban J connectivity index is 3.53. The van der Waals surface area contributed by atoms with E-state index in [9.17, 15) is 4.79 Å². The number of methoxy groups -OCH3 is 1. The lowest BCUT2D eigenvalue weighted by Crippen LogP contribution is -2.21. The first-order valence-corrected chi connectivity index (χ1v) is 2.85. The van der Waals surface area contributed by atoms with E-state index in [1.807, 2.05) is 0 Å². The normalized spacial score (nSPS) is 11.7. The molecule has 0 saturated carbocycles. The van der Waals surface area contributed by atoms with E-state index in [1.165, 1.54) is 7.11 Å². The molecule has 3 heteroatoms. The van der Waals surface area contributed by atoms with Gasteiger partial charge in [0.15, 0.2) is 6.10 Å². The highest BCUT2D eigenvalue weighted by atomic mass is 16.6. The van der Waals surface area contributed by atoms with Gasteiger partial charge in [-0.15, -0.1) is 6.42 Å². The summed E-state index contributed by atoms with van der Waals surface area (Å²) >= 11 is 0. The molecule has 0 radical (unpaired) electrons. The summed E-state index contributed by atoms with van der Waals surface area (Å²) in [7, 11) is 1.30. The number of terminal acetylenes is 1. The maximum Gasteiger partial charge on any atom is 0.334 e. The van der Waals surface area contributed by atoms with Crippen LogP contribution in [-0.4, -0.2) is 25.8 Å². The van der Waals surface area contributed by atoms with E-state index >= 15 is 0 Å². The minimum Gasteiger partial charge on any atom is -0.467 e. The van der Waals surface area contributed by atoms with E-state index in [0.29, 0.717) is 0 Å². The molecule has 1 atom stereocenters. The van der Waals surface area contributed by atoms with Crippen LogP contribution in [0.4, 0.5) is 0 Å². The van der Waals surface area contributed by atoms with Gasteiger partial charge in [-0.2, -0.15) is 0 Å². The van der Waals surface area contributed by atoms with Crippen molar-refractivity contribution in [3.05, 3.63) is 0 Å².